The van der Waals surface area contributed by atoms with Crippen molar-refractivity contribution in [2.45, 2.75) is 34.6 Å². The molecule has 3 aromatic carbocycles. The summed E-state index contributed by atoms with van der Waals surface area (Å²) in [7, 11) is 3.25. The number of methoxy groups -OCH3 is 1. The summed E-state index contributed by atoms with van der Waals surface area (Å²) in [5.74, 6) is 0.121. The highest BCUT2D eigenvalue weighted by molar-refractivity contribution is 5.93. The van der Waals surface area contributed by atoms with Gasteiger partial charge in [-0.05, 0) is 18.1 Å². The summed E-state index contributed by atoms with van der Waals surface area (Å²) in [5, 5.41) is 0. The van der Waals surface area contributed by atoms with Crippen molar-refractivity contribution >= 4 is 5.78 Å². The Morgan fingerprint density at radius 1 is 0.571 bits per heavy atom. The molecule has 0 spiro atoms. The fraction of sp³-hybridized carbons (Fsp3) is 0.269. The van der Waals surface area contributed by atoms with Crippen LogP contribution in [0.1, 0.15) is 45.0 Å². The molecule has 0 heterocycles. The number of Topliss-reactive ketones (excluding diaryl/α,β-unsaturated/α-hetero) is 1. The molecule has 2 nitrogen and oxygen atoms in total. The lowest BCUT2D eigenvalue weighted by Gasteiger charge is -1.98. The summed E-state index contributed by atoms with van der Waals surface area (Å²) in [6.07, 6.45) is 0. The zero-order chi connectivity index (χ0) is 21.6. The number of benzene rings is 3. The molecule has 0 amide bonds. The van der Waals surface area contributed by atoms with Crippen molar-refractivity contribution in [2.75, 3.05) is 14.2 Å². The second-order valence-corrected chi connectivity index (χ2v) is 5.06. The number of ether oxygens (including phenoxy) is 1. The number of carbonyl (C=O) groups is 1. The third-order valence-corrected chi connectivity index (χ3v) is 3.06. The van der Waals surface area contributed by atoms with Crippen LogP contribution < -0.4 is 0 Å². The molecule has 0 radical (unpaired) electrons. The molecule has 0 aliphatic rings. The summed E-state index contributed by atoms with van der Waals surface area (Å²) < 4.78 is 4.25. The van der Waals surface area contributed by atoms with Crippen LogP contribution in [0.3, 0.4) is 0 Å². The Labute approximate surface area is 172 Å². The van der Waals surface area contributed by atoms with E-state index >= 15 is 0 Å². The second kappa shape index (κ2) is 20.6. The van der Waals surface area contributed by atoms with E-state index in [1.54, 1.807) is 21.1 Å². The number of ketones is 1. The van der Waals surface area contributed by atoms with Crippen molar-refractivity contribution in [3.05, 3.63) is 96.6 Å². The summed E-state index contributed by atoms with van der Waals surface area (Å²) in [6, 6.07) is 30.0. The van der Waals surface area contributed by atoms with Crippen molar-refractivity contribution in [3.8, 4) is 11.1 Å². The molecule has 152 valence electrons. The van der Waals surface area contributed by atoms with E-state index in [0.717, 1.165) is 5.56 Å². The molecular weight excluding hydrogens is 344 g/mol. The Bertz CT molecular complexity index is 640. The van der Waals surface area contributed by atoms with E-state index in [4.69, 9.17) is 0 Å². The molecule has 0 aliphatic carbocycles. The van der Waals surface area contributed by atoms with Crippen LogP contribution in [0.4, 0.5) is 0 Å². The van der Waals surface area contributed by atoms with Crippen LogP contribution >= 0.6 is 0 Å². The van der Waals surface area contributed by atoms with E-state index in [2.05, 4.69) is 53.3 Å². The summed E-state index contributed by atoms with van der Waals surface area (Å²) in [4.78, 5) is 10.6. The van der Waals surface area contributed by atoms with E-state index < -0.39 is 0 Å². The lowest BCUT2D eigenvalue weighted by atomic mass is 10.1. The lowest BCUT2D eigenvalue weighted by Crippen LogP contribution is -1.88. The SMILES string of the molecule is CC.CC.CC(=O)c1ccccc1.COC.c1ccc(-c2ccccc2)cc1. The third kappa shape index (κ3) is 13.5. The minimum atomic E-state index is 0.121. The predicted molar refractivity (Wildman–Crippen MR) is 124 cm³/mol. The van der Waals surface area contributed by atoms with Gasteiger partial charge in [0.25, 0.3) is 0 Å². The summed E-state index contributed by atoms with van der Waals surface area (Å²) in [6.45, 7) is 9.56. The molecule has 0 unspecified atom stereocenters. The van der Waals surface area contributed by atoms with Crippen molar-refractivity contribution in [1.29, 1.82) is 0 Å². The molecule has 0 N–H and O–H groups in total. The number of hydrogen-bond acceptors (Lipinski definition) is 2. The van der Waals surface area contributed by atoms with Crippen LogP contribution in [0.2, 0.25) is 0 Å². The normalized spacial score (nSPS) is 8.11. The van der Waals surface area contributed by atoms with E-state index in [1.165, 1.54) is 11.1 Å². The first-order valence-corrected chi connectivity index (χ1v) is 9.75. The standard InChI is InChI=1S/C12H10.C8H8O.C2H6O.2C2H6/c1-3-7-11(8-4-1)12-9-5-2-6-10-12;1-7(9)8-5-3-2-4-6-8;1-3-2;2*1-2/h1-10H;2-6H,1H3;1-2H3;2*1-2H3. The Hall–Kier alpha value is -2.71. The molecule has 0 aromatic heterocycles. The predicted octanol–water partition coefficient (Wildman–Crippen LogP) is 7.56. The van der Waals surface area contributed by atoms with Gasteiger partial charge in [-0.3, -0.25) is 4.79 Å². The first-order chi connectivity index (χ1) is 13.7. The minimum absolute atomic E-state index is 0.121. The Balaban J connectivity index is 0. The van der Waals surface area contributed by atoms with Crippen LogP contribution in [0.25, 0.3) is 11.1 Å². The number of carbonyl (C=O) groups excluding carboxylic acids is 1. The summed E-state index contributed by atoms with van der Waals surface area (Å²) >= 11 is 0. The molecule has 3 rings (SSSR count). The average molecular weight is 381 g/mol. The van der Waals surface area contributed by atoms with Gasteiger partial charge in [-0.25, -0.2) is 0 Å². The van der Waals surface area contributed by atoms with Crippen molar-refractivity contribution in [2.24, 2.45) is 0 Å². The molecule has 0 saturated carbocycles. The van der Waals surface area contributed by atoms with Gasteiger partial charge in [-0.1, -0.05) is 119 Å². The van der Waals surface area contributed by atoms with Crippen LogP contribution in [0.15, 0.2) is 91.0 Å². The van der Waals surface area contributed by atoms with Crippen molar-refractivity contribution in [1.82, 2.24) is 0 Å². The topological polar surface area (TPSA) is 26.3 Å². The number of rotatable bonds is 2. The van der Waals surface area contributed by atoms with Gasteiger partial charge in [-0.2, -0.15) is 0 Å². The quantitative estimate of drug-likeness (QED) is 0.429. The lowest BCUT2D eigenvalue weighted by molar-refractivity contribution is 0.101. The molecule has 2 heteroatoms. The second-order valence-electron chi connectivity index (χ2n) is 5.06. The highest BCUT2D eigenvalue weighted by Gasteiger charge is 1.93. The van der Waals surface area contributed by atoms with Crippen LogP contribution in [0.5, 0.6) is 0 Å². The molecule has 0 atom stereocenters. The third-order valence-electron chi connectivity index (χ3n) is 3.06. The monoisotopic (exact) mass is 380 g/mol. The first-order valence-electron chi connectivity index (χ1n) is 9.75. The number of hydrogen-bond donors (Lipinski definition) is 0. The van der Waals surface area contributed by atoms with Crippen molar-refractivity contribution in [3.63, 3.8) is 0 Å². The molecule has 0 saturated heterocycles. The molecule has 28 heavy (non-hydrogen) atoms. The van der Waals surface area contributed by atoms with Gasteiger partial charge in [0.2, 0.25) is 0 Å². The zero-order valence-electron chi connectivity index (χ0n) is 18.5. The largest absolute Gasteiger partial charge is 0.388 e. The fourth-order valence-electron chi connectivity index (χ4n) is 1.93. The van der Waals surface area contributed by atoms with Crippen LogP contribution in [-0.4, -0.2) is 20.0 Å². The van der Waals surface area contributed by atoms with Gasteiger partial charge in [0.15, 0.2) is 5.78 Å². The van der Waals surface area contributed by atoms with Gasteiger partial charge in [0, 0.05) is 19.8 Å². The average Bonchev–Trinajstić information content (AvgIpc) is 2.79. The Kier molecular flexibility index (Phi) is 20.2. The highest BCUT2D eigenvalue weighted by atomic mass is 16.4. The zero-order valence-corrected chi connectivity index (χ0v) is 18.5. The van der Waals surface area contributed by atoms with Gasteiger partial charge in [0.05, 0.1) is 0 Å². The molecular formula is C26H36O2. The molecule has 3 aromatic rings. The van der Waals surface area contributed by atoms with Gasteiger partial charge >= 0.3 is 0 Å². The Morgan fingerprint density at radius 3 is 1.04 bits per heavy atom. The molecule has 0 aliphatic heterocycles. The maximum Gasteiger partial charge on any atom is 0.159 e. The van der Waals surface area contributed by atoms with Gasteiger partial charge in [0.1, 0.15) is 0 Å². The smallest absolute Gasteiger partial charge is 0.159 e. The highest BCUT2D eigenvalue weighted by Crippen LogP contribution is 2.17. The summed E-state index contributed by atoms with van der Waals surface area (Å²) in [5.41, 5.74) is 3.33. The first kappa shape index (κ1) is 27.5. The van der Waals surface area contributed by atoms with E-state index in [1.807, 2.05) is 70.2 Å². The van der Waals surface area contributed by atoms with Crippen molar-refractivity contribution < 1.29 is 9.53 Å². The van der Waals surface area contributed by atoms with Crippen LogP contribution in [-0.2, 0) is 4.74 Å². The molecule has 0 bridgehead atoms. The maximum atomic E-state index is 10.6. The van der Waals surface area contributed by atoms with E-state index in [0.29, 0.717) is 0 Å². The molecule has 0 fully saturated rings. The minimum Gasteiger partial charge on any atom is -0.388 e. The van der Waals surface area contributed by atoms with Gasteiger partial charge in [-0.15, -0.1) is 0 Å². The Morgan fingerprint density at radius 2 is 0.821 bits per heavy atom. The maximum absolute atomic E-state index is 10.6. The van der Waals surface area contributed by atoms with Crippen LogP contribution in [0, 0.1) is 0 Å². The van der Waals surface area contributed by atoms with E-state index in [-0.39, 0.29) is 5.78 Å². The van der Waals surface area contributed by atoms with E-state index in [9.17, 15) is 4.79 Å². The fourth-order valence-corrected chi connectivity index (χ4v) is 1.93. The van der Waals surface area contributed by atoms with Gasteiger partial charge < -0.3 is 4.74 Å².